The van der Waals surface area contributed by atoms with Gasteiger partial charge in [0.05, 0.1) is 0 Å². The third kappa shape index (κ3) is 17.8. The largest absolute Gasteiger partial charge is 0.303 e. The van der Waals surface area contributed by atoms with E-state index in [2.05, 4.69) is 12.6 Å². The van der Waals surface area contributed by atoms with Crippen molar-refractivity contribution in [1.29, 1.82) is 0 Å². The average molecular weight is 178 g/mol. The molecular weight excluding hydrogens is 156 g/mol. The Bertz CT molecular complexity index is 62.6. The Balaban J connectivity index is -0.000000138. The molecule has 0 aromatic carbocycles. The number of carbonyl (C=O) groups is 1. The van der Waals surface area contributed by atoms with Crippen LogP contribution in [0.3, 0.4) is 0 Å². The van der Waals surface area contributed by atoms with Gasteiger partial charge in [0.25, 0.3) is 0 Å². The lowest BCUT2D eigenvalue weighted by atomic mass is 10.1. The van der Waals surface area contributed by atoms with E-state index in [1.165, 1.54) is 0 Å². The summed E-state index contributed by atoms with van der Waals surface area (Å²) in [6.07, 6.45) is 0.914. The molecule has 0 aliphatic heterocycles. The number of hydrogen-bond acceptors (Lipinski definition) is 2. The quantitative estimate of drug-likeness (QED) is 0.507. The minimum atomic E-state index is 0.0864. The first-order chi connectivity index (χ1) is 5.18. The Labute approximate surface area is 77.0 Å². The van der Waals surface area contributed by atoms with E-state index in [1.54, 1.807) is 0 Å². The first-order valence-electron chi connectivity index (χ1n) is 4.32. The number of aldehydes is 1. The Morgan fingerprint density at radius 2 is 1.36 bits per heavy atom. The van der Waals surface area contributed by atoms with Gasteiger partial charge in [-0.05, 0) is 0 Å². The zero-order valence-corrected chi connectivity index (χ0v) is 9.48. The monoisotopic (exact) mass is 178 g/mol. The molecule has 11 heavy (non-hydrogen) atoms. The molecule has 0 aromatic rings. The molecule has 0 aromatic heterocycles. The summed E-state index contributed by atoms with van der Waals surface area (Å²) in [5, 5.41) is 0.192. The van der Waals surface area contributed by atoms with Crippen LogP contribution in [0.1, 0.15) is 41.5 Å². The van der Waals surface area contributed by atoms with E-state index in [0.29, 0.717) is 0 Å². The summed E-state index contributed by atoms with van der Waals surface area (Å²) in [4.78, 5) is 9.90. The lowest BCUT2D eigenvalue weighted by Crippen LogP contribution is -2.07. The number of thiol groups is 1. The van der Waals surface area contributed by atoms with Crippen LogP contribution in [0.2, 0.25) is 0 Å². The minimum Gasteiger partial charge on any atom is -0.303 e. The van der Waals surface area contributed by atoms with Gasteiger partial charge < -0.3 is 4.79 Å². The van der Waals surface area contributed by atoms with Crippen LogP contribution < -0.4 is 0 Å². The van der Waals surface area contributed by atoms with Crippen LogP contribution in [0, 0.1) is 5.92 Å². The van der Waals surface area contributed by atoms with Crippen LogP contribution in [0.25, 0.3) is 0 Å². The fourth-order valence-corrected chi connectivity index (χ4v) is 0.184. The van der Waals surface area contributed by atoms with Crippen molar-refractivity contribution in [2.45, 2.75) is 46.8 Å². The molecule has 2 atom stereocenters. The summed E-state index contributed by atoms with van der Waals surface area (Å²) in [7, 11) is 0. The van der Waals surface area contributed by atoms with Crippen LogP contribution in [0.15, 0.2) is 0 Å². The highest BCUT2D eigenvalue weighted by atomic mass is 32.1. The van der Waals surface area contributed by atoms with E-state index in [4.69, 9.17) is 0 Å². The van der Waals surface area contributed by atoms with Gasteiger partial charge in [0.15, 0.2) is 0 Å². The second-order valence-corrected chi connectivity index (χ2v) is 2.55. The molecule has 0 radical (unpaired) electrons. The van der Waals surface area contributed by atoms with Gasteiger partial charge in [-0.1, -0.05) is 41.5 Å². The van der Waals surface area contributed by atoms with Gasteiger partial charge in [-0.2, -0.15) is 12.6 Å². The summed E-state index contributed by atoms with van der Waals surface area (Å²) in [6.45, 7) is 11.8. The standard InChI is InChI=1S/C5H10OS.2C2H6/c1-4(3-6)5(2)7;2*1-2/h3-5,7H,1-2H3;2*1-2H3. The number of rotatable bonds is 2. The van der Waals surface area contributed by atoms with Crippen molar-refractivity contribution in [2.75, 3.05) is 0 Å². The highest BCUT2D eigenvalue weighted by Gasteiger charge is 2.03. The molecule has 0 saturated carbocycles. The average Bonchev–Trinajstić information content (AvgIpc) is 2.10. The molecule has 0 rings (SSSR count). The van der Waals surface area contributed by atoms with Crippen molar-refractivity contribution in [3.63, 3.8) is 0 Å². The van der Waals surface area contributed by atoms with Crippen LogP contribution in [-0.4, -0.2) is 11.5 Å². The van der Waals surface area contributed by atoms with E-state index >= 15 is 0 Å². The third-order valence-corrected chi connectivity index (χ3v) is 1.45. The maximum Gasteiger partial charge on any atom is 0.123 e. The van der Waals surface area contributed by atoms with Crippen molar-refractivity contribution in [1.82, 2.24) is 0 Å². The highest BCUT2D eigenvalue weighted by molar-refractivity contribution is 7.81. The molecule has 70 valence electrons. The number of carbonyl (C=O) groups excluding carboxylic acids is 1. The number of hydrogen-bond donors (Lipinski definition) is 1. The van der Waals surface area contributed by atoms with Gasteiger partial charge in [0.1, 0.15) is 6.29 Å². The van der Waals surface area contributed by atoms with Gasteiger partial charge in [-0.25, -0.2) is 0 Å². The normalized spacial score (nSPS) is 12.6. The van der Waals surface area contributed by atoms with E-state index in [1.807, 2.05) is 41.5 Å². The van der Waals surface area contributed by atoms with Crippen molar-refractivity contribution in [3.05, 3.63) is 0 Å². The first kappa shape index (κ1) is 17.2. The van der Waals surface area contributed by atoms with Crippen LogP contribution in [0.4, 0.5) is 0 Å². The van der Waals surface area contributed by atoms with E-state index < -0.39 is 0 Å². The zero-order chi connectivity index (χ0) is 9.86. The highest BCUT2D eigenvalue weighted by Crippen LogP contribution is 2.03. The summed E-state index contributed by atoms with van der Waals surface area (Å²) in [5.74, 6) is 0.0864. The maximum atomic E-state index is 9.90. The summed E-state index contributed by atoms with van der Waals surface area (Å²) in [5.41, 5.74) is 0. The molecule has 2 heteroatoms. The Morgan fingerprint density at radius 3 is 1.36 bits per heavy atom. The topological polar surface area (TPSA) is 17.1 Å². The fraction of sp³-hybridized carbons (Fsp3) is 0.889. The van der Waals surface area contributed by atoms with E-state index in [9.17, 15) is 4.79 Å². The second-order valence-electron chi connectivity index (χ2n) is 1.74. The summed E-state index contributed by atoms with van der Waals surface area (Å²) >= 11 is 4.04. The van der Waals surface area contributed by atoms with E-state index in [-0.39, 0.29) is 11.2 Å². The Morgan fingerprint density at radius 1 is 1.09 bits per heavy atom. The van der Waals surface area contributed by atoms with Crippen LogP contribution in [-0.2, 0) is 4.79 Å². The molecule has 0 bridgehead atoms. The summed E-state index contributed by atoms with van der Waals surface area (Å²) < 4.78 is 0. The zero-order valence-electron chi connectivity index (χ0n) is 8.59. The predicted molar refractivity (Wildman–Crippen MR) is 56.4 cm³/mol. The molecule has 0 fully saturated rings. The first-order valence-corrected chi connectivity index (χ1v) is 4.83. The van der Waals surface area contributed by atoms with Crippen molar-refractivity contribution in [3.8, 4) is 0 Å². The van der Waals surface area contributed by atoms with E-state index in [0.717, 1.165) is 6.29 Å². The lowest BCUT2D eigenvalue weighted by molar-refractivity contribution is -0.110. The SMILES string of the molecule is CC.CC.CC(S)C(C)C=O. The lowest BCUT2D eigenvalue weighted by Gasteiger charge is -2.03. The molecule has 1 nitrogen and oxygen atoms in total. The van der Waals surface area contributed by atoms with Crippen LogP contribution in [0.5, 0.6) is 0 Å². The Kier molecular flexibility index (Phi) is 25.9. The van der Waals surface area contributed by atoms with Gasteiger partial charge in [-0.3, -0.25) is 0 Å². The minimum absolute atomic E-state index is 0.0864. The summed E-state index contributed by atoms with van der Waals surface area (Å²) in [6, 6.07) is 0. The second kappa shape index (κ2) is 16.5. The molecule has 0 saturated heterocycles. The van der Waals surface area contributed by atoms with Crippen molar-refractivity contribution < 1.29 is 4.79 Å². The van der Waals surface area contributed by atoms with Gasteiger partial charge in [0.2, 0.25) is 0 Å². The smallest absolute Gasteiger partial charge is 0.123 e. The van der Waals surface area contributed by atoms with Gasteiger partial charge in [0, 0.05) is 11.2 Å². The molecule has 2 unspecified atom stereocenters. The third-order valence-electron chi connectivity index (χ3n) is 0.976. The van der Waals surface area contributed by atoms with Gasteiger partial charge >= 0.3 is 0 Å². The van der Waals surface area contributed by atoms with Crippen LogP contribution >= 0.6 is 12.6 Å². The molecule has 0 spiro atoms. The molecule has 0 aliphatic carbocycles. The molecule has 0 amide bonds. The molecule has 0 N–H and O–H groups in total. The molecule has 0 heterocycles. The predicted octanol–water partition coefficient (Wildman–Crippen LogP) is 3.19. The Hall–Kier alpha value is 0.0200. The van der Waals surface area contributed by atoms with Crippen molar-refractivity contribution in [2.24, 2.45) is 5.92 Å². The van der Waals surface area contributed by atoms with Crippen molar-refractivity contribution >= 4 is 18.9 Å². The molecular formula is C9H22OS. The maximum absolute atomic E-state index is 9.90. The fourth-order valence-electron chi connectivity index (χ4n) is 0.114. The van der Waals surface area contributed by atoms with Gasteiger partial charge in [-0.15, -0.1) is 0 Å². The molecule has 0 aliphatic rings.